The van der Waals surface area contributed by atoms with E-state index in [2.05, 4.69) is 22.2 Å². The number of methoxy groups -OCH3 is 2. The van der Waals surface area contributed by atoms with Gasteiger partial charge in [0.1, 0.15) is 28.7 Å². The summed E-state index contributed by atoms with van der Waals surface area (Å²) < 4.78 is 10.5. The molecule has 1 atom stereocenters. The predicted molar refractivity (Wildman–Crippen MR) is 129 cm³/mol. The van der Waals surface area contributed by atoms with Crippen molar-refractivity contribution in [2.45, 2.75) is 31.7 Å². The number of carbonyl (C=O) groups is 1. The minimum absolute atomic E-state index is 0.165. The summed E-state index contributed by atoms with van der Waals surface area (Å²) >= 11 is 0. The number of carbonyl (C=O) groups excluding carboxylic acids is 1. The highest BCUT2D eigenvalue weighted by Crippen LogP contribution is 2.31. The molecule has 174 valence electrons. The molecular formula is C26H32N4O3. The highest BCUT2D eigenvalue weighted by molar-refractivity contribution is 5.98. The molecule has 33 heavy (non-hydrogen) atoms. The number of piperidine rings is 1. The number of H-pyrrole nitrogens is 1. The van der Waals surface area contributed by atoms with Gasteiger partial charge in [-0.1, -0.05) is 12.1 Å². The first-order chi connectivity index (χ1) is 16.0. The van der Waals surface area contributed by atoms with Crippen molar-refractivity contribution in [3.63, 3.8) is 0 Å². The topological polar surface area (TPSA) is 79.5 Å². The van der Waals surface area contributed by atoms with E-state index in [-0.39, 0.29) is 11.9 Å². The number of aromatic amines is 1. The molecule has 2 aromatic carbocycles. The van der Waals surface area contributed by atoms with Gasteiger partial charge in [-0.25, -0.2) is 4.98 Å². The van der Waals surface area contributed by atoms with E-state index in [9.17, 15) is 4.79 Å². The summed E-state index contributed by atoms with van der Waals surface area (Å²) in [6.45, 7) is 4.03. The average molecular weight is 449 g/mol. The first-order valence-corrected chi connectivity index (χ1v) is 11.4. The van der Waals surface area contributed by atoms with Gasteiger partial charge >= 0.3 is 0 Å². The lowest BCUT2D eigenvalue weighted by Gasteiger charge is -2.27. The fourth-order valence-electron chi connectivity index (χ4n) is 4.23. The third-order valence-corrected chi connectivity index (χ3v) is 6.38. The molecule has 0 bridgehead atoms. The van der Waals surface area contributed by atoms with Crippen LogP contribution < -0.4 is 14.8 Å². The molecule has 0 unspecified atom stereocenters. The molecule has 0 saturated carbocycles. The molecule has 1 aliphatic heterocycles. The van der Waals surface area contributed by atoms with Crippen LogP contribution >= 0.6 is 0 Å². The van der Waals surface area contributed by atoms with Crippen molar-refractivity contribution in [1.29, 1.82) is 0 Å². The van der Waals surface area contributed by atoms with Crippen LogP contribution in [0.2, 0.25) is 0 Å². The van der Waals surface area contributed by atoms with Crippen molar-refractivity contribution in [2.24, 2.45) is 0 Å². The Bertz CT molecular complexity index is 1070. The molecule has 3 aromatic rings. The summed E-state index contributed by atoms with van der Waals surface area (Å²) in [6.07, 6.45) is 2.05. The summed E-state index contributed by atoms with van der Waals surface area (Å²) in [5.41, 5.74) is 3.05. The smallest absolute Gasteiger partial charge is 0.270 e. The Labute approximate surface area is 195 Å². The van der Waals surface area contributed by atoms with Gasteiger partial charge in [-0.2, -0.15) is 0 Å². The molecule has 2 heterocycles. The number of rotatable bonds is 7. The first-order valence-electron chi connectivity index (χ1n) is 11.4. The van der Waals surface area contributed by atoms with Crippen LogP contribution in [-0.2, 0) is 0 Å². The molecule has 1 aromatic heterocycles. The molecular weight excluding hydrogens is 416 g/mol. The van der Waals surface area contributed by atoms with Gasteiger partial charge in [0.05, 0.1) is 20.3 Å². The van der Waals surface area contributed by atoms with Crippen LogP contribution in [0.1, 0.15) is 53.6 Å². The van der Waals surface area contributed by atoms with Crippen LogP contribution in [0, 0.1) is 0 Å². The van der Waals surface area contributed by atoms with Crippen molar-refractivity contribution in [1.82, 2.24) is 20.2 Å². The number of likely N-dealkylation sites (tertiary alicyclic amines) is 1. The van der Waals surface area contributed by atoms with E-state index in [1.165, 1.54) is 0 Å². The van der Waals surface area contributed by atoms with Crippen LogP contribution in [0.4, 0.5) is 0 Å². The van der Waals surface area contributed by atoms with Crippen LogP contribution in [0.15, 0.2) is 48.5 Å². The van der Waals surface area contributed by atoms with Crippen LogP contribution in [0.5, 0.6) is 11.5 Å². The summed E-state index contributed by atoms with van der Waals surface area (Å²) in [5.74, 6) is 2.59. The van der Waals surface area contributed by atoms with Crippen molar-refractivity contribution in [3.05, 3.63) is 65.6 Å². The second-order valence-corrected chi connectivity index (χ2v) is 8.62. The summed E-state index contributed by atoms with van der Waals surface area (Å²) in [7, 11) is 5.42. The summed E-state index contributed by atoms with van der Waals surface area (Å²) in [5, 5.41) is 3.12. The van der Waals surface area contributed by atoms with Gasteiger partial charge in [0.15, 0.2) is 0 Å². The zero-order valence-electron chi connectivity index (χ0n) is 19.7. The van der Waals surface area contributed by atoms with Gasteiger partial charge < -0.3 is 24.7 Å². The molecule has 7 nitrogen and oxygen atoms in total. The molecule has 1 amide bonds. The fraction of sp³-hybridized carbons (Fsp3) is 0.385. The number of nitrogens with one attached hydrogen (secondary N) is 2. The largest absolute Gasteiger partial charge is 0.497 e. The van der Waals surface area contributed by atoms with E-state index in [4.69, 9.17) is 14.5 Å². The lowest BCUT2D eigenvalue weighted by atomic mass is 9.96. The Hall–Kier alpha value is -3.32. The zero-order valence-corrected chi connectivity index (χ0v) is 19.7. The SMILES string of the molecule is COc1ccc(-c2nc(C3CCN(C)CC3)[nH]c2C(=O)N[C@H](C)c2ccc(OC)cc2)cc1. The number of ether oxygens (including phenoxy) is 2. The van der Waals surface area contributed by atoms with E-state index < -0.39 is 0 Å². The number of hydrogen-bond donors (Lipinski definition) is 2. The molecule has 4 rings (SSSR count). The Morgan fingerprint density at radius 1 is 1.03 bits per heavy atom. The average Bonchev–Trinajstić information content (AvgIpc) is 3.30. The lowest BCUT2D eigenvalue weighted by Crippen LogP contribution is -2.30. The van der Waals surface area contributed by atoms with Crippen molar-refractivity contribution in [3.8, 4) is 22.8 Å². The van der Waals surface area contributed by atoms with Gasteiger partial charge in [-0.15, -0.1) is 0 Å². The van der Waals surface area contributed by atoms with Crippen molar-refractivity contribution >= 4 is 5.91 Å². The third-order valence-electron chi connectivity index (χ3n) is 6.38. The number of hydrogen-bond acceptors (Lipinski definition) is 5. The normalized spacial score (nSPS) is 15.8. The van der Waals surface area contributed by atoms with Gasteiger partial charge in [0, 0.05) is 11.5 Å². The highest BCUT2D eigenvalue weighted by atomic mass is 16.5. The first kappa shape index (κ1) is 22.9. The second-order valence-electron chi connectivity index (χ2n) is 8.62. The van der Waals surface area contributed by atoms with Crippen LogP contribution in [-0.4, -0.2) is 55.1 Å². The number of amides is 1. The third kappa shape index (κ3) is 5.20. The summed E-state index contributed by atoms with van der Waals surface area (Å²) in [6, 6.07) is 15.2. The predicted octanol–water partition coefficient (Wildman–Crippen LogP) is 4.39. The van der Waals surface area contributed by atoms with E-state index in [1.807, 2.05) is 55.5 Å². The van der Waals surface area contributed by atoms with Gasteiger partial charge in [-0.3, -0.25) is 4.79 Å². The second kappa shape index (κ2) is 10.1. The zero-order chi connectivity index (χ0) is 23.4. The maximum atomic E-state index is 13.4. The molecule has 0 aliphatic carbocycles. The van der Waals surface area contributed by atoms with Crippen molar-refractivity contribution < 1.29 is 14.3 Å². The Morgan fingerprint density at radius 3 is 2.18 bits per heavy atom. The van der Waals surface area contributed by atoms with E-state index >= 15 is 0 Å². The number of imidazole rings is 1. The van der Waals surface area contributed by atoms with E-state index in [0.717, 1.165) is 54.4 Å². The quantitative estimate of drug-likeness (QED) is 0.560. The number of aromatic nitrogens is 2. The minimum Gasteiger partial charge on any atom is -0.497 e. The minimum atomic E-state index is -0.171. The fourth-order valence-corrected chi connectivity index (χ4v) is 4.23. The maximum absolute atomic E-state index is 13.4. The van der Waals surface area contributed by atoms with Gasteiger partial charge in [0.2, 0.25) is 0 Å². The molecule has 1 saturated heterocycles. The molecule has 0 spiro atoms. The highest BCUT2D eigenvalue weighted by Gasteiger charge is 2.26. The monoisotopic (exact) mass is 448 g/mol. The number of nitrogens with zero attached hydrogens (tertiary/aromatic N) is 2. The molecule has 1 aliphatic rings. The Kier molecular flexibility index (Phi) is 6.99. The van der Waals surface area contributed by atoms with E-state index in [1.54, 1.807) is 14.2 Å². The molecule has 1 fully saturated rings. The Balaban J connectivity index is 1.61. The standard InChI is InChI=1S/C26H32N4O3/c1-17(18-5-9-21(32-3)10-6-18)27-26(31)24-23(19-7-11-22(33-4)12-8-19)28-25(29-24)20-13-15-30(2)16-14-20/h5-12,17,20H,13-16H2,1-4H3,(H,27,31)(H,28,29)/t17-/m1/s1. The van der Waals surface area contributed by atoms with E-state index in [0.29, 0.717) is 17.3 Å². The van der Waals surface area contributed by atoms with Crippen molar-refractivity contribution in [2.75, 3.05) is 34.4 Å². The lowest BCUT2D eigenvalue weighted by molar-refractivity contribution is 0.0936. The molecule has 7 heteroatoms. The number of benzene rings is 2. The maximum Gasteiger partial charge on any atom is 0.270 e. The van der Waals surface area contributed by atoms with Gasteiger partial charge in [0.25, 0.3) is 5.91 Å². The van der Waals surface area contributed by atoms with Gasteiger partial charge in [-0.05, 0) is 81.9 Å². The molecule has 2 N–H and O–H groups in total. The van der Waals surface area contributed by atoms with Crippen LogP contribution in [0.3, 0.4) is 0 Å². The molecule has 0 radical (unpaired) electrons. The summed E-state index contributed by atoms with van der Waals surface area (Å²) in [4.78, 5) is 24.0. The van der Waals surface area contributed by atoms with Crippen LogP contribution in [0.25, 0.3) is 11.3 Å². The Morgan fingerprint density at radius 2 is 1.61 bits per heavy atom.